The molecular weight excluding hydrogens is 321 g/mol. The minimum atomic E-state index is -0.231. The average molecular weight is 338 g/mol. The molecule has 0 saturated carbocycles. The summed E-state index contributed by atoms with van der Waals surface area (Å²) in [7, 11) is 0. The third-order valence-electron chi connectivity index (χ3n) is 2.82. The SMILES string of the molecule is Fc1ccc(CNCCCOc2ccccc2)cc1Br. The fourth-order valence-electron chi connectivity index (χ4n) is 1.79. The fraction of sp³-hybridized carbons (Fsp3) is 0.250. The number of benzene rings is 2. The monoisotopic (exact) mass is 337 g/mol. The number of hydrogen-bond acceptors (Lipinski definition) is 2. The molecule has 20 heavy (non-hydrogen) atoms. The summed E-state index contributed by atoms with van der Waals surface area (Å²) < 4.78 is 19.2. The van der Waals surface area contributed by atoms with Gasteiger partial charge < -0.3 is 10.1 Å². The first-order valence-corrected chi connectivity index (χ1v) is 7.37. The summed E-state index contributed by atoms with van der Waals surface area (Å²) in [6.45, 7) is 2.27. The van der Waals surface area contributed by atoms with Crippen molar-refractivity contribution >= 4 is 15.9 Å². The van der Waals surface area contributed by atoms with Gasteiger partial charge in [-0.25, -0.2) is 4.39 Å². The van der Waals surface area contributed by atoms with Crippen molar-refractivity contribution in [3.8, 4) is 5.75 Å². The molecule has 2 aromatic rings. The minimum absolute atomic E-state index is 0.231. The van der Waals surface area contributed by atoms with Crippen molar-refractivity contribution in [3.63, 3.8) is 0 Å². The van der Waals surface area contributed by atoms with Gasteiger partial charge in [0.25, 0.3) is 0 Å². The van der Waals surface area contributed by atoms with Crippen molar-refractivity contribution in [2.24, 2.45) is 0 Å². The number of halogens is 2. The molecule has 0 saturated heterocycles. The normalized spacial score (nSPS) is 10.5. The molecule has 0 fully saturated rings. The molecule has 0 aliphatic rings. The summed E-state index contributed by atoms with van der Waals surface area (Å²) in [5.41, 5.74) is 1.06. The van der Waals surface area contributed by atoms with Crippen LogP contribution in [0.5, 0.6) is 5.75 Å². The molecule has 0 aliphatic heterocycles. The van der Waals surface area contributed by atoms with E-state index in [0.29, 0.717) is 11.1 Å². The summed E-state index contributed by atoms with van der Waals surface area (Å²) >= 11 is 3.18. The maximum atomic E-state index is 13.1. The summed E-state index contributed by atoms with van der Waals surface area (Å²) in [5, 5.41) is 3.31. The number of para-hydroxylation sites is 1. The first-order valence-electron chi connectivity index (χ1n) is 6.58. The Labute approximate surface area is 127 Å². The van der Waals surface area contributed by atoms with Crippen LogP contribution in [0.3, 0.4) is 0 Å². The van der Waals surface area contributed by atoms with Gasteiger partial charge in [0, 0.05) is 6.54 Å². The summed E-state index contributed by atoms with van der Waals surface area (Å²) in [6, 6.07) is 14.8. The average Bonchev–Trinajstić information content (AvgIpc) is 2.47. The Bertz CT molecular complexity index is 533. The molecule has 0 spiro atoms. The predicted molar refractivity (Wildman–Crippen MR) is 82.4 cm³/mol. The quantitative estimate of drug-likeness (QED) is 0.766. The van der Waals surface area contributed by atoms with E-state index >= 15 is 0 Å². The van der Waals surface area contributed by atoms with Crippen LogP contribution < -0.4 is 10.1 Å². The van der Waals surface area contributed by atoms with Crippen LogP contribution in [0.4, 0.5) is 4.39 Å². The Balaban J connectivity index is 1.61. The zero-order valence-corrected chi connectivity index (χ0v) is 12.7. The lowest BCUT2D eigenvalue weighted by molar-refractivity contribution is 0.308. The second-order valence-corrected chi connectivity index (χ2v) is 5.29. The molecular formula is C16H17BrFNO. The van der Waals surface area contributed by atoms with E-state index in [-0.39, 0.29) is 5.82 Å². The lowest BCUT2D eigenvalue weighted by Crippen LogP contribution is -2.17. The second-order valence-electron chi connectivity index (χ2n) is 4.44. The van der Waals surface area contributed by atoms with Crippen molar-refractivity contribution < 1.29 is 9.13 Å². The van der Waals surface area contributed by atoms with Gasteiger partial charge in [0.1, 0.15) is 11.6 Å². The first-order chi connectivity index (χ1) is 9.75. The molecule has 0 heterocycles. The maximum absolute atomic E-state index is 13.1. The van der Waals surface area contributed by atoms with Gasteiger partial charge >= 0.3 is 0 Å². The molecule has 2 nitrogen and oxygen atoms in total. The largest absolute Gasteiger partial charge is 0.494 e. The van der Waals surface area contributed by atoms with Crippen LogP contribution in [0, 0.1) is 5.82 Å². The van der Waals surface area contributed by atoms with Gasteiger partial charge in [0.2, 0.25) is 0 Å². The Morgan fingerprint density at radius 3 is 2.65 bits per heavy atom. The van der Waals surface area contributed by atoms with Crippen LogP contribution in [0.15, 0.2) is 53.0 Å². The molecule has 0 aliphatic carbocycles. The second kappa shape index (κ2) is 8.02. The number of hydrogen-bond donors (Lipinski definition) is 1. The lowest BCUT2D eigenvalue weighted by atomic mass is 10.2. The standard InChI is InChI=1S/C16H17BrFNO/c17-15-11-13(7-8-16(15)18)12-19-9-4-10-20-14-5-2-1-3-6-14/h1-3,5-8,11,19H,4,9-10,12H2. The summed E-state index contributed by atoms with van der Waals surface area (Å²) in [4.78, 5) is 0. The Morgan fingerprint density at radius 2 is 1.90 bits per heavy atom. The van der Waals surface area contributed by atoms with Gasteiger partial charge in [0.15, 0.2) is 0 Å². The van der Waals surface area contributed by atoms with Crippen LogP contribution in [0.25, 0.3) is 0 Å². The Hall–Kier alpha value is -1.39. The topological polar surface area (TPSA) is 21.3 Å². The molecule has 0 atom stereocenters. The number of ether oxygens (including phenoxy) is 1. The molecule has 2 aromatic carbocycles. The van der Waals surface area contributed by atoms with Crippen LogP contribution in [0.1, 0.15) is 12.0 Å². The first kappa shape index (κ1) is 15.0. The van der Waals surface area contributed by atoms with Crippen molar-refractivity contribution in [2.45, 2.75) is 13.0 Å². The molecule has 1 N–H and O–H groups in total. The number of nitrogens with one attached hydrogen (secondary N) is 1. The van der Waals surface area contributed by atoms with E-state index in [9.17, 15) is 4.39 Å². The van der Waals surface area contributed by atoms with Gasteiger partial charge in [-0.15, -0.1) is 0 Å². The number of rotatable bonds is 7. The summed E-state index contributed by atoms with van der Waals surface area (Å²) in [5.74, 6) is 0.667. The zero-order valence-electron chi connectivity index (χ0n) is 11.1. The third-order valence-corrected chi connectivity index (χ3v) is 3.43. The van der Waals surface area contributed by atoms with Crippen molar-refractivity contribution in [1.29, 1.82) is 0 Å². The predicted octanol–water partition coefficient (Wildman–Crippen LogP) is 4.15. The molecule has 0 unspecified atom stereocenters. The van der Waals surface area contributed by atoms with E-state index in [4.69, 9.17) is 4.74 Å². The van der Waals surface area contributed by atoms with Gasteiger partial charge in [0.05, 0.1) is 11.1 Å². The van der Waals surface area contributed by atoms with E-state index in [2.05, 4.69) is 21.2 Å². The third kappa shape index (κ3) is 4.94. The van der Waals surface area contributed by atoms with Crippen molar-refractivity contribution in [1.82, 2.24) is 5.32 Å². The highest BCUT2D eigenvalue weighted by molar-refractivity contribution is 9.10. The van der Waals surface area contributed by atoms with Crippen LogP contribution >= 0.6 is 15.9 Å². The van der Waals surface area contributed by atoms with Gasteiger partial charge in [-0.05, 0) is 58.7 Å². The Morgan fingerprint density at radius 1 is 1.10 bits per heavy atom. The van der Waals surface area contributed by atoms with Crippen molar-refractivity contribution in [2.75, 3.05) is 13.2 Å². The highest BCUT2D eigenvalue weighted by atomic mass is 79.9. The maximum Gasteiger partial charge on any atom is 0.137 e. The van der Waals surface area contributed by atoms with Crippen LogP contribution in [0.2, 0.25) is 0 Å². The smallest absolute Gasteiger partial charge is 0.137 e. The highest BCUT2D eigenvalue weighted by Crippen LogP contribution is 2.16. The lowest BCUT2D eigenvalue weighted by Gasteiger charge is -2.07. The molecule has 106 valence electrons. The van der Waals surface area contributed by atoms with E-state index in [0.717, 1.165) is 30.8 Å². The Kier molecular flexibility index (Phi) is 6.02. The molecule has 0 bridgehead atoms. The fourth-order valence-corrected chi connectivity index (χ4v) is 2.21. The highest BCUT2D eigenvalue weighted by Gasteiger charge is 2.00. The van der Waals surface area contributed by atoms with E-state index in [1.54, 1.807) is 12.1 Å². The zero-order chi connectivity index (χ0) is 14.2. The molecule has 0 radical (unpaired) electrons. The molecule has 0 amide bonds. The van der Waals surface area contributed by atoms with E-state index in [1.165, 1.54) is 6.07 Å². The van der Waals surface area contributed by atoms with Gasteiger partial charge in [-0.1, -0.05) is 24.3 Å². The van der Waals surface area contributed by atoms with Gasteiger partial charge in [-0.2, -0.15) is 0 Å². The molecule has 0 aromatic heterocycles. The van der Waals surface area contributed by atoms with Crippen LogP contribution in [-0.2, 0) is 6.54 Å². The van der Waals surface area contributed by atoms with Crippen molar-refractivity contribution in [3.05, 3.63) is 64.4 Å². The van der Waals surface area contributed by atoms with E-state index in [1.807, 2.05) is 30.3 Å². The molecule has 2 rings (SSSR count). The van der Waals surface area contributed by atoms with Gasteiger partial charge in [-0.3, -0.25) is 0 Å². The van der Waals surface area contributed by atoms with Crippen LogP contribution in [-0.4, -0.2) is 13.2 Å². The summed E-state index contributed by atoms with van der Waals surface area (Å²) in [6.07, 6.45) is 0.928. The molecule has 4 heteroatoms. The minimum Gasteiger partial charge on any atom is -0.494 e. The van der Waals surface area contributed by atoms with E-state index < -0.39 is 0 Å².